The Balaban J connectivity index is 1.93. The molecule has 1 aromatic carbocycles. The molecule has 1 unspecified atom stereocenters. The zero-order chi connectivity index (χ0) is 14.1. The summed E-state index contributed by atoms with van der Waals surface area (Å²) in [5.41, 5.74) is 8.86. The second kappa shape index (κ2) is 5.23. The molecule has 5 heteroatoms. The number of aromatic nitrogens is 4. The van der Waals surface area contributed by atoms with Gasteiger partial charge in [0.25, 0.3) is 0 Å². The van der Waals surface area contributed by atoms with Crippen LogP contribution in [0.3, 0.4) is 0 Å². The lowest BCUT2D eigenvalue weighted by Gasteiger charge is -2.16. The second-order valence-electron chi connectivity index (χ2n) is 5.76. The van der Waals surface area contributed by atoms with Gasteiger partial charge in [-0.3, -0.25) is 0 Å². The summed E-state index contributed by atoms with van der Waals surface area (Å²) in [5.74, 6) is 1.68. The molecule has 0 aliphatic heterocycles. The molecule has 1 heterocycles. The van der Waals surface area contributed by atoms with Crippen molar-refractivity contribution in [2.24, 2.45) is 5.92 Å². The number of rotatable bonds is 5. The third kappa shape index (κ3) is 2.53. The fourth-order valence-electron chi connectivity index (χ4n) is 2.59. The SMILES string of the molecule is CCC(CC1CC1)n1nnnc1-c1ccc(C)c(N)c1. The third-order valence-corrected chi connectivity index (χ3v) is 4.15. The summed E-state index contributed by atoms with van der Waals surface area (Å²) in [6.07, 6.45) is 4.93. The monoisotopic (exact) mass is 271 g/mol. The van der Waals surface area contributed by atoms with Crippen molar-refractivity contribution in [3.05, 3.63) is 23.8 Å². The van der Waals surface area contributed by atoms with E-state index in [4.69, 9.17) is 5.73 Å². The maximum absolute atomic E-state index is 6.00. The summed E-state index contributed by atoms with van der Waals surface area (Å²) >= 11 is 0. The quantitative estimate of drug-likeness (QED) is 0.849. The third-order valence-electron chi connectivity index (χ3n) is 4.15. The van der Waals surface area contributed by atoms with Gasteiger partial charge in [-0.1, -0.05) is 31.9 Å². The molecule has 2 N–H and O–H groups in total. The van der Waals surface area contributed by atoms with E-state index in [1.807, 2.05) is 29.8 Å². The molecule has 0 saturated heterocycles. The molecular weight excluding hydrogens is 250 g/mol. The molecule has 1 aliphatic rings. The zero-order valence-corrected chi connectivity index (χ0v) is 12.1. The van der Waals surface area contributed by atoms with Crippen LogP contribution in [-0.2, 0) is 0 Å². The van der Waals surface area contributed by atoms with Crippen LogP contribution in [-0.4, -0.2) is 20.2 Å². The molecular formula is C15H21N5. The van der Waals surface area contributed by atoms with E-state index in [1.54, 1.807) is 0 Å². The summed E-state index contributed by atoms with van der Waals surface area (Å²) in [6, 6.07) is 6.40. The summed E-state index contributed by atoms with van der Waals surface area (Å²) in [5, 5.41) is 12.3. The average Bonchev–Trinajstić information content (AvgIpc) is 3.14. The molecule has 1 fully saturated rings. The van der Waals surface area contributed by atoms with Gasteiger partial charge in [0.2, 0.25) is 0 Å². The number of nitrogen functional groups attached to an aromatic ring is 1. The minimum atomic E-state index is 0.384. The van der Waals surface area contributed by atoms with Crippen molar-refractivity contribution in [2.75, 3.05) is 5.73 Å². The van der Waals surface area contributed by atoms with E-state index < -0.39 is 0 Å². The standard InChI is InChI=1S/C15H21N5/c1-3-13(8-11-5-6-11)20-15(17-18-19-20)12-7-4-10(2)14(16)9-12/h4,7,9,11,13H,3,5-6,8,16H2,1-2H3. The van der Waals surface area contributed by atoms with Gasteiger partial charge in [0.15, 0.2) is 5.82 Å². The highest BCUT2D eigenvalue weighted by Gasteiger charge is 2.27. The van der Waals surface area contributed by atoms with Crippen LogP contribution in [0, 0.1) is 12.8 Å². The van der Waals surface area contributed by atoms with Crippen LogP contribution in [0.5, 0.6) is 0 Å². The maximum Gasteiger partial charge on any atom is 0.182 e. The predicted molar refractivity (Wildman–Crippen MR) is 79.1 cm³/mol. The molecule has 1 aromatic heterocycles. The van der Waals surface area contributed by atoms with Crippen molar-refractivity contribution in [2.45, 2.75) is 45.6 Å². The highest BCUT2D eigenvalue weighted by atomic mass is 15.5. The van der Waals surface area contributed by atoms with Crippen LogP contribution in [0.25, 0.3) is 11.4 Å². The highest BCUT2D eigenvalue weighted by molar-refractivity contribution is 5.63. The summed E-state index contributed by atoms with van der Waals surface area (Å²) in [6.45, 7) is 4.20. The van der Waals surface area contributed by atoms with Gasteiger partial charge < -0.3 is 5.73 Å². The minimum Gasteiger partial charge on any atom is -0.398 e. The molecule has 1 atom stereocenters. The van der Waals surface area contributed by atoms with E-state index >= 15 is 0 Å². The predicted octanol–water partition coefficient (Wildman–Crippen LogP) is 2.98. The molecule has 1 aliphatic carbocycles. The Morgan fingerprint density at radius 3 is 2.85 bits per heavy atom. The number of anilines is 1. The molecule has 2 aromatic rings. The molecule has 0 radical (unpaired) electrons. The number of aryl methyl sites for hydroxylation is 1. The van der Waals surface area contributed by atoms with Gasteiger partial charge in [-0.25, -0.2) is 4.68 Å². The van der Waals surface area contributed by atoms with Crippen LogP contribution in [0.2, 0.25) is 0 Å². The Hall–Kier alpha value is -1.91. The fraction of sp³-hybridized carbons (Fsp3) is 0.533. The molecule has 3 rings (SSSR count). The molecule has 0 amide bonds. The lowest BCUT2D eigenvalue weighted by Crippen LogP contribution is -2.12. The minimum absolute atomic E-state index is 0.384. The van der Waals surface area contributed by atoms with E-state index in [9.17, 15) is 0 Å². The van der Waals surface area contributed by atoms with E-state index in [1.165, 1.54) is 19.3 Å². The number of hydrogen-bond acceptors (Lipinski definition) is 4. The fourth-order valence-corrected chi connectivity index (χ4v) is 2.59. The number of nitrogens with two attached hydrogens (primary N) is 1. The number of nitrogens with zero attached hydrogens (tertiary/aromatic N) is 4. The van der Waals surface area contributed by atoms with Gasteiger partial charge >= 0.3 is 0 Å². The van der Waals surface area contributed by atoms with E-state index in [2.05, 4.69) is 22.4 Å². The Morgan fingerprint density at radius 1 is 1.40 bits per heavy atom. The van der Waals surface area contributed by atoms with Gasteiger partial charge in [-0.15, -0.1) is 5.10 Å². The Bertz CT molecular complexity index is 600. The first-order valence-electron chi connectivity index (χ1n) is 7.33. The van der Waals surface area contributed by atoms with Gasteiger partial charge in [0.1, 0.15) is 0 Å². The van der Waals surface area contributed by atoms with Crippen molar-refractivity contribution in [3.63, 3.8) is 0 Å². The smallest absolute Gasteiger partial charge is 0.182 e. The Morgan fingerprint density at radius 2 is 2.20 bits per heavy atom. The Kier molecular flexibility index (Phi) is 3.42. The first kappa shape index (κ1) is 13.1. The molecule has 0 spiro atoms. The Labute approximate surface area is 119 Å². The molecule has 0 bridgehead atoms. The van der Waals surface area contributed by atoms with Crippen molar-refractivity contribution in [1.29, 1.82) is 0 Å². The first-order chi connectivity index (χ1) is 9.69. The number of tetrazole rings is 1. The summed E-state index contributed by atoms with van der Waals surface area (Å²) < 4.78 is 1.97. The van der Waals surface area contributed by atoms with Crippen LogP contribution in [0.4, 0.5) is 5.69 Å². The number of benzene rings is 1. The van der Waals surface area contributed by atoms with Gasteiger partial charge in [-0.05, 0) is 47.7 Å². The largest absolute Gasteiger partial charge is 0.398 e. The van der Waals surface area contributed by atoms with Crippen molar-refractivity contribution >= 4 is 5.69 Å². The lowest BCUT2D eigenvalue weighted by molar-refractivity contribution is 0.388. The molecule has 20 heavy (non-hydrogen) atoms. The first-order valence-corrected chi connectivity index (χ1v) is 7.33. The van der Waals surface area contributed by atoms with Gasteiger partial charge in [0, 0.05) is 11.3 Å². The second-order valence-corrected chi connectivity index (χ2v) is 5.76. The van der Waals surface area contributed by atoms with E-state index in [-0.39, 0.29) is 0 Å². The van der Waals surface area contributed by atoms with Crippen molar-refractivity contribution in [3.8, 4) is 11.4 Å². The van der Waals surface area contributed by atoms with Gasteiger partial charge in [-0.2, -0.15) is 0 Å². The lowest BCUT2D eigenvalue weighted by atomic mass is 10.1. The van der Waals surface area contributed by atoms with Crippen molar-refractivity contribution in [1.82, 2.24) is 20.2 Å². The van der Waals surface area contributed by atoms with Crippen LogP contribution in [0.1, 0.15) is 44.2 Å². The summed E-state index contributed by atoms with van der Waals surface area (Å²) in [7, 11) is 0. The van der Waals surface area contributed by atoms with E-state index in [0.717, 1.165) is 35.0 Å². The molecule has 106 valence electrons. The topological polar surface area (TPSA) is 69.6 Å². The maximum atomic E-state index is 6.00. The van der Waals surface area contributed by atoms with E-state index in [0.29, 0.717) is 6.04 Å². The van der Waals surface area contributed by atoms with Crippen LogP contribution in [0.15, 0.2) is 18.2 Å². The van der Waals surface area contributed by atoms with Crippen molar-refractivity contribution < 1.29 is 0 Å². The normalized spacial score (nSPS) is 16.3. The van der Waals surface area contributed by atoms with Crippen LogP contribution < -0.4 is 5.73 Å². The molecule has 1 saturated carbocycles. The average molecular weight is 271 g/mol. The number of hydrogen-bond donors (Lipinski definition) is 1. The summed E-state index contributed by atoms with van der Waals surface area (Å²) in [4.78, 5) is 0. The van der Waals surface area contributed by atoms with Gasteiger partial charge in [0.05, 0.1) is 6.04 Å². The van der Waals surface area contributed by atoms with Crippen LogP contribution >= 0.6 is 0 Å². The highest BCUT2D eigenvalue weighted by Crippen LogP contribution is 2.38. The zero-order valence-electron chi connectivity index (χ0n) is 12.1. The molecule has 5 nitrogen and oxygen atoms in total.